The molecule has 1 aliphatic rings. The van der Waals surface area contributed by atoms with Gasteiger partial charge in [-0.2, -0.15) is 5.10 Å². The fraction of sp³-hybridized carbons (Fsp3) is 0.500. The predicted octanol–water partition coefficient (Wildman–Crippen LogP) is 2.56. The Balaban J connectivity index is 1.70. The Morgan fingerprint density at radius 2 is 1.83 bits per heavy atom. The van der Waals surface area contributed by atoms with Crippen LogP contribution in [0.4, 0.5) is 4.39 Å². The lowest BCUT2D eigenvalue weighted by molar-refractivity contribution is -0.108. The number of aryl methyl sites for hydroxylation is 1. The lowest BCUT2D eigenvalue weighted by Crippen LogP contribution is -2.58. The maximum Gasteiger partial charge on any atom is 0.123 e. The van der Waals surface area contributed by atoms with Crippen LogP contribution < -0.4 is 0 Å². The number of rotatable bonds is 3. The van der Waals surface area contributed by atoms with Crippen LogP contribution in [0.1, 0.15) is 37.6 Å². The van der Waals surface area contributed by atoms with Gasteiger partial charge in [0.1, 0.15) is 11.4 Å². The monoisotopic (exact) mass is 317 g/mol. The van der Waals surface area contributed by atoms with E-state index in [0.29, 0.717) is 13.1 Å². The molecule has 1 aliphatic heterocycles. The average molecular weight is 317 g/mol. The van der Waals surface area contributed by atoms with Gasteiger partial charge in [-0.15, -0.1) is 0 Å². The number of β-amino-alcohol motifs (C(OH)–C–C–N with tert-alkyl or cyclic N) is 1. The van der Waals surface area contributed by atoms with Crippen molar-refractivity contribution in [3.63, 3.8) is 0 Å². The Bertz CT molecular complexity index is 694. The molecule has 0 saturated carbocycles. The highest BCUT2D eigenvalue weighted by atomic mass is 19.1. The zero-order chi connectivity index (χ0) is 16.8. The van der Waals surface area contributed by atoms with E-state index in [1.165, 1.54) is 17.7 Å². The number of hydrogen-bond acceptors (Lipinski definition) is 3. The molecule has 1 aromatic heterocycles. The van der Waals surface area contributed by atoms with Crippen molar-refractivity contribution in [3.05, 3.63) is 53.1 Å². The van der Waals surface area contributed by atoms with E-state index in [-0.39, 0.29) is 11.2 Å². The summed E-state index contributed by atoms with van der Waals surface area (Å²) in [5.74, 6) is -0.279. The Labute approximate surface area is 136 Å². The van der Waals surface area contributed by atoms with Gasteiger partial charge in [-0.3, -0.25) is 9.58 Å². The number of benzene rings is 1. The lowest BCUT2D eigenvalue weighted by Gasteiger charge is -2.47. The molecule has 23 heavy (non-hydrogen) atoms. The molecule has 0 unspecified atom stereocenters. The molecule has 2 heterocycles. The van der Waals surface area contributed by atoms with Crippen LogP contribution in [0.15, 0.2) is 30.5 Å². The van der Waals surface area contributed by atoms with Crippen LogP contribution in [0.3, 0.4) is 0 Å². The van der Waals surface area contributed by atoms with E-state index >= 15 is 0 Å². The third kappa shape index (κ3) is 3.16. The maximum absolute atomic E-state index is 13.0. The van der Waals surface area contributed by atoms with Gasteiger partial charge in [0.2, 0.25) is 0 Å². The van der Waals surface area contributed by atoms with Crippen LogP contribution >= 0.6 is 0 Å². The van der Waals surface area contributed by atoms with Gasteiger partial charge in [0, 0.05) is 43.9 Å². The zero-order valence-electron chi connectivity index (χ0n) is 14.2. The van der Waals surface area contributed by atoms with Gasteiger partial charge >= 0.3 is 0 Å². The summed E-state index contributed by atoms with van der Waals surface area (Å²) in [6.45, 7) is 8.34. The van der Waals surface area contributed by atoms with E-state index in [1.807, 2.05) is 11.7 Å². The number of nitrogens with zero attached hydrogens (tertiary/aromatic N) is 3. The highest BCUT2D eigenvalue weighted by molar-refractivity contribution is 5.29. The van der Waals surface area contributed by atoms with Crippen LogP contribution in [0.5, 0.6) is 0 Å². The van der Waals surface area contributed by atoms with E-state index in [9.17, 15) is 9.50 Å². The third-order valence-electron chi connectivity index (χ3n) is 4.36. The van der Waals surface area contributed by atoms with E-state index in [2.05, 4.69) is 37.0 Å². The van der Waals surface area contributed by atoms with Crippen molar-refractivity contribution in [2.45, 2.75) is 38.3 Å². The first-order valence-corrected chi connectivity index (χ1v) is 7.91. The second-order valence-electron chi connectivity index (χ2n) is 7.61. The fourth-order valence-electron chi connectivity index (χ4n) is 3.27. The molecule has 124 valence electrons. The van der Waals surface area contributed by atoms with Crippen LogP contribution in [0.25, 0.3) is 0 Å². The molecule has 4 nitrogen and oxygen atoms in total. The third-order valence-corrected chi connectivity index (χ3v) is 4.36. The average Bonchev–Trinajstić information content (AvgIpc) is 2.78. The summed E-state index contributed by atoms with van der Waals surface area (Å²) < 4.78 is 14.9. The van der Waals surface area contributed by atoms with E-state index in [1.54, 1.807) is 12.1 Å². The number of aromatic nitrogens is 2. The normalized spacial score (nSPS) is 18.0. The van der Waals surface area contributed by atoms with Crippen molar-refractivity contribution >= 4 is 0 Å². The molecule has 1 aromatic carbocycles. The van der Waals surface area contributed by atoms with Gasteiger partial charge in [0.05, 0.1) is 5.69 Å². The summed E-state index contributed by atoms with van der Waals surface area (Å²) in [4.78, 5) is 2.19. The number of hydrogen-bond donors (Lipinski definition) is 1. The molecule has 1 fully saturated rings. The molecule has 0 atom stereocenters. The van der Waals surface area contributed by atoms with Crippen molar-refractivity contribution in [1.29, 1.82) is 0 Å². The molecule has 1 saturated heterocycles. The Kier molecular flexibility index (Phi) is 3.81. The molecule has 5 heteroatoms. The molecular formula is C18H24FN3O. The minimum atomic E-state index is -0.877. The van der Waals surface area contributed by atoms with Crippen LogP contribution in [0, 0.1) is 5.82 Å². The van der Waals surface area contributed by atoms with Gasteiger partial charge < -0.3 is 5.11 Å². The molecule has 2 aromatic rings. The molecule has 0 aliphatic carbocycles. The second kappa shape index (κ2) is 5.42. The molecule has 0 amide bonds. The number of aliphatic hydroxyl groups is 1. The van der Waals surface area contributed by atoms with Gasteiger partial charge in [-0.1, -0.05) is 32.9 Å². The van der Waals surface area contributed by atoms with Crippen LogP contribution in [-0.4, -0.2) is 32.9 Å². The minimum absolute atomic E-state index is 0.00524. The summed E-state index contributed by atoms with van der Waals surface area (Å²) in [6.07, 6.45) is 2.05. The highest BCUT2D eigenvalue weighted by Gasteiger charge is 2.43. The molecule has 1 N–H and O–H groups in total. The predicted molar refractivity (Wildman–Crippen MR) is 87.5 cm³/mol. The van der Waals surface area contributed by atoms with Gasteiger partial charge in [0.25, 0.3) is 0 Å². The highest BCUT2D eigenvalue weighted by Crippen LogP contribution is 2.34. The van der Waals surface area contributed by atoms with E-state index < -0.39 is 5.60 Å². The van der Waals surface area contributed by atoms with E-state index in [0.717, 1.165) is 17.8 Å². The summed E-state index contributed by atoms with van der Waals surface area (Å²) in [6, 6.07) is 6.12. The molecule has 0 bridgehead atoms. The van der Waals surface area contributed by atoms with E-state index in [4.69, 9.17) is 0 Å². The SMILES string of the molecule is Cn1cc(CN2CC(O)(c3ccc(F)cc3)C2)c(C(C)(C)C)n1. The van der Waals surface area contributed by atoms with Crippen LogP contribution in [0.2, 0.25) is 0 Å². The molecule has 3 rings (SSSR count). The first kappa shape index (κ1) is 16.1. The summed E-state index contributed by atoms with van der Waals surface area (Å²) in [5.41, 5.74) is 2.18. The maximum atomic E-state index is 13.0. The van der Waals surface area contributed by atoms with Crippen molar-refractivity contribution < 1.29 is 9.50 Å². The first-order valence-electron chi connectivity index (χ1n) is 7.91. The number of likely N-dealkylation sites (tertiary alicyclic amines) is 1. The van der Waals surface area contributed by atoms with Crippen molar-refractivity contribution in [2.24, 2.45) is 7.05 Å². The second-order valence-corrected chi connectivity index (χ2v) is 7.61. The van der Waals surface area contributed by atoms with Gasteiger partial charge in [-0.25, -0.2) is 4.39 Å². The van der Waals surface area contributed by atoms with Crippen LogP contribution in [-0.2, 0) is 24.6 Å². The standard InChI is InChI=1S/C18H24FN3O/c1-17(2,3)16-13(9-21(4)20-16)10-22-11-18(23,12-22)14-5-7-15(19)8-6-14/h5-9,23H,10-12H2,1-4H3. The Hall–Kier alpha value is -1.72. The minimum Gasteiger partial charge on any atom is -0.382 e. The topological polar surface area (TPSA) is 41.3 Å². The lowest BCUT2D eigenvalue weighted by atomic mass is 9.85. The van der Waals surface area contributed by atoms with Gasteiger partial charge in [-0.05, 0) is 17.7 Å². The summed E-state index contributed by atoms with van der Waals surface area (Å²) in [5, 5.41) is 15.3. The Morgan fingerprint density at radius 3 is 2.39 bits per heavy atom. The number of halogens is 1. The first-order chi connectivity index (χ1) is 10.7. The Morgan fingerprint density at radius 1 is 1.22 bits per heavy atom. The van der Waals surface area contributed by atoms with Crippen molar-refractivity contribution in [3.8, 4) is 0 Å². The fourth-order valence-corrected chi connectivity index (χ4v) is 3.27. The summed E-state index contributed by atoms with van der Waals surface area (Å²) >= 11 is 0. The van der Waals surface area contributed by atoms with Crippen molar-refractivity contribution in [2.75, 3.05) is 13.1 Å². The zero-order valence-corrected chi connectivity index (χ0v) is 14.2. The largest absolute Gasteiger partial charge is 0.382 e. The summed E-state index contributed by atoms with van der Waals surface area (Å²) in [7, 11) is 1.93. The quantitative estimate of drug-likeness (QED) is 0.946. The molecule has 0 spiro atoms. The smallest absolute Gasteiger partial charge is 0.123 e. The molecular weight excluding hydrogens is 293 g/mol. The molecule has 0 radical (unpaired) electrons. The van der Waals surface area contributed by atoms with Gasteiger partial charge in [0.15, 0.2) is 0 Å². The van der Waals surface area contributed by atoms with Crippen molar-refractivity contribution in [1.82, 2.24) is 14.7 Å².